The molecular formula is C52H65NO6S. The van der Waals surface area contributed by atoms with E-state index in [2.05, 4.69) is 69.0 Å². The highest BCUT2D eigenvalue weighted by Crippen LogP contribution is 2.79. The lowest BCUT2D eigenvalue weighted by molar-refractivity contribution is -0.191. The van der Waals surface area contributed by atoms with Crippen molar-refractivity contribution in [2.45, 2.75) is 148 Å². The lowest BCUT2D eigenvalue weighted by Gasteiger charge is -2.71. The maximum atomic E-state index is 15.8. The Kier molecular flexibility index (Phi) is 7.67. The first kappa shape index (κ1) is 38.8. The number of thiophene rings is 1. The molecule has 8 heteroatoms. The van der Waals surface area contributed by atoms with Crippen LogP contribution in [0.15, 0.2) is 54.1 Å². The molecule has 9 fully saturated rings. The first-order valence-electron chi connectivity index (χ1n) is 23.8. The standard InChI is InChI=1S/C52H65NO6S/c1-44(2)47(5)16-19-52(44,59-43(47)57)42(56)53(29-48-24-31-20-32(25-48)22-33(21-31)26-48)30-50(58)15-12-40-46(50,4)14-11-39-45(3)13-10-35(54)27-49(45)17-18-51(39,40)36(28-49)41(55)38-23-34-8-6-7-9-37(34)60-38/h6-9,17-18,23,28,31-33,35,39-40,54,58H,10-16,19-22,24-27,29-30H2,1-5H3. The van der Waals surface area contributed by atoms with Gasteiger partial charge in [-0.1, -0.05) is 64.1 Å². The van der Waals surface area contributed by atoms with Gasteiger partial charge in [-0.2, -0.15) is 0 Å². The maximum Gasteiger partial charge on any atom is 0.313 e. The second-order valence-electron chi connectivity index (χ2n) is 24.0. The molecule has 1 aliphatic heterocycles. The van der Waals surface area contributed by atoms with Crippen molar-refractivity contribution < 1.29 is 29.3 Å². The van der Waals surface area contributed by atoms with Crippen molar-refractivity contribution in [3.8, 4) is 0 Å². The van der Waals surface area contributed by atoms with E-state index in [4.69, 9.17) is 4.74 Å². The smallest absolute Gasteiger partial charge is 0.313 e. The second kappa shape index (κ2) is 11.8. The van der Waals surface area contributed by atoms with Crippen LogP contribution in [0.3, 0.4) is 0 Å². The Balaban J connectivity index is 0.954. The van der Waals surface area contributed by atoms with E-state index in [1.165, 1.54) is 19.3 Å². The van der Waals surface area contributed by atoms with Crippen LogP contribution in [0, 0.1) is 67.5 Å². The van der Waals surface area contributed by atoms with Crippen molar-refractivity contribution in [2.24, 2.45) is 67.5 Å². The molecule has 1 saturated heterocycles. The predicted molar refractivity (Wildman–Crippen MR) is 232 cm³/mol. The number of ketones is 1. The fourth-order valence-corrected chi connectivity index (χ4v) is 19.2. The van der Waals surface area contributed by atoms with Crippen LogP contribution in [0.4, 0.5) is 0 Å². The number of aliphatic hydroxyl groups excluding tert-OH is 1. The number of benzene rings is 1. The molecule has 2 aromatic rings. The minimum absolute atomic E-state index is 0.0123. The third-order valence-electron chi connectivity index (χ3n) is 21.5. The van der Waals surface area contributed by atoms with E-state index in [-0.39, 0.29) is 46.9 Å². The van der Waals surface area contributed by atoms with Gasteiger partial charge in [0.15, 0.2) is 11.4 Å². The number of aliphatic hydroxyl groups is 2. The summed E-state index contributed by atoms with van der Waals surface area (Å²) >= 11 is 1.57. The molecule has 60 heavy (non-hydrogen) atoms. The van der Waals surface area contributed by atoms with Crippen LogP contribution in [0.2, 0.25) is 0 Å². The van der Waals surface area contributed by atoms with Gasteiger partial charge in [0.1, 0.15) is 0 Å². The Labute approximate surface area is 359 Å². The Morgan fingerprint density at radius 3 is 2.15 bits per heavy atom. The number of ether oxygens (including phenoxy) is 1. The summed E-state index contributed by atoms with van der Waals surface area (Å²) in [5, 5.41) is 26.0. The van der Waals surface area contributed by atoms with E-state index in [0.29, 0.717) is 32.2 Å². The maximum absolute atomic E-state index is 15.8. The number of carbonyl (C=O) groups excluding carboxylic acids is 3. The van der Waals surface area contributed by atoms with Crippen LogP contribution in [0.5, 0.6) is 0 Å². The van der Waals surface area contributed by atoms with E-state index in [9.17, 15) is 15.0 Å². The van der Waals surface area contributed by atoms with Gasteiger partial charge < -0.3 is 19.8 Å². The Bertz CT molecular complexity index is 2260. The van der Waals surface area contributed by atoms with E-state index in [1.54, 1.807) is 11.3 Å². The monoisotopic (exact) mass is 831 g/mol. The molecule has 0 radical (unpaired) electrons. The van der Waals surface area contributed by atoms with Crippen molar-refractivity contribution in [2.75, 3.05) is 13.1 Å². The number of allylic oxidation sites excluding steroid dienone is 4. The van der Waals surface area contributed by atoms with Crippen LogP contribution in [-0.4, -0.2) is 63.2 Å². The quantitative estimate of drug-likeness (QED) is 0.164. The summed E-state index contributed by atoms with van der Waals surface area (Å²) in [6.45, 7) is 11.7. The molecule has 320 valence electrons. The molecule has 1 aromatic carbocycles. The van der Waals surface area contributed by atoms with E-state index >= 15 is 9.59 Å². The Morgan fingerprint density at radius 1 is 0.817 bits per heavy atom. The number of esters is 1. The van der Waals surface area contributed by atoms with Gasteiger partial charge in [-0.3, -0.25) is 14.4 Å². The third-order valence-corrected chi connectivity index (χ3v) is 22.6. The fourth-order valence-electron chi connectivity index (χ4n) is 18.2. The van der Waals surface area contributed by atoms with Gasteiger partial charge in [0.2, 0.25) is 0 Å². The minimum atomic E-state index is -1.24. The molecule has 7 nitrogen and oxygen atoms in total. The van der Waals surface area contributed by atoms with Crippen LogP contribution < -0.4 is 0 Å². The second-order valence-corrected chi connectivity index (χ2v) is 25.1. The number of hydrogen-bond acceptors (Lipinski definition) is 7. The zero-order chi connectivity index (χ0) is 41.7. The highest BCUT2D eigenvalue weighted by molar-refractivity contribution is 7.21. The van der Waals surface area contributed by atoms with Crippen LogP contribution >= 0.6 is 11.3 Å². The molecule has 8 bridgehead atoms. The molecule has 1 amide bonds. The molecular weight excluding hydrogens is 767 g/mol. The van der Waals surface area contributed by atoms with Gasteiger partial charge in [-0.15, -0.1) is 11.3 Å². The molecule has 12 aliphatic rings. The number of amides is 1. The Morgan fingerprint density at radius 2 is 1.48 bits per heavy atom. The molecule has 8 saturated carbocycles. The summed E-state index contributed by atoms with van der Waals surface area (Å²) in [4.78, 5) is 47.6. The SMILES string of the molecule is CC12CCC(C(=O)N(CC34CC5CC(CC(C5)C3)C4)CC3(O)CCC4C56C=CC7(C=C5C(=O)c5cc8ccccc8s5)CC(O)CCC7(C)C6CCC43C)(OC1=O)C2(C)C. The van der Waals surface area contributed by atoms with Crippen molar-refractivity contribution in [1.29, 1.82) is 0 Å². The number of carbonyl (C=O) groups is 3. The van der Waals surface area contributed by atoms with Crippen molar-refractivity contribution >= 4 is 39.1 Å². The molecule has 14 rings (SSSR count). The lowest BCUT2D eigenvalue weighted by Crippen LogP contribution is -2.68. The number of hydrogen-bond donors (Lipinski definition) is 2. The van der Waals surface area contributed by atoms with E-state index < -0.39 is 44.4 Å². The number of rotatable bonds is 7. The van der Waals surface area contributed by atoms with Crippen LogP contribution in [0.25, 0.3) is 10.1 Å². The zero-order valence-corrected chi connectivity index (χ0v) is 37.3. The molecule has 2 N–H and O–H groups in total. The number of Topliss-reactive ketones (excluding diaryl/α,β-unsaturated/α-hetero) is 1. The van der Waals surface area contributed by atoms with Crippen molar-refractivity contribution in [1.82, 2.24) is 4.90 Å². The van der Waals surface area contributed by atoms with Gasteiger partial charge in [-0.05, 0) is 161 Å². The van der Waals surface area contributed by atoms with Gasteiger partial charge >= 0.3 is 5.97 Å². The van der Waals surface area contributed by atoms with Crippen molar-refractivity contribution in [3.63, 3.8) is 0 Å². The summed E-state index contributed by atoms with van der Waals surface area (Å²) in [7, 11) is 0. The first-order valence-corrected chi connectivity index (χ1v) is 24.6. The highest BCUT2D eigenvalue weighted by atomic mass is 32.1. The molecule has 10 atom stereocenters. The topological polar surface area (TPSA) is 104 Å². The normalized spacial score (nSPS) is 49.7. The molecule has 10 unspecified atom stereocenters. The fraction of sp³-hybridized carbons (Fsp3) is 0.712. The van der Waals surface area contributed by atoms with Crippen LogP contribution in [-0.2, 0) is 14.3 Å². The van der Waals surface area contributed by atoms with Gasteiger partial charge in [-0.25, -0.2) is 0 Å². The summed E-state index contributed by atoms with van der Waals surface area (Å²) in [6.07, 6.45) is 20.5. The predicted octanol–water partition coefficient (Wildman–Crippen LogP) is 9.84. The average Bonchev–Trinajstić information content (AvgIpc) is 3.85. The molecule has 2 heterocycles. The summed E-state index contributed by atoms with van der Waals surface area (Å²) in [5.74, 6) is 2.09. The summed E-state index contributed by atoms with van der Waals surface area (Å²) in [6, 6.07) is 10.3. The lowest BCUT2D eigenvalue weighted by atomic mass is 9.32. The largest absolute Gasteiger partial charge is 0.448 e. The van der Waals surface area contributed by atoms with Gasteiger partial charge in [0.25, 0.3) is 5.91 Å². The average molecular weight is 832 g/mol. The molecule has 1 aromatic heterocycles. The number of fused-ring (bicyclic) bond motifs is 4. The zero-order valence-electron chi connectivity index (χ0n) is 36.5. The van der Waals surface area contributed by atoms with Gasteiger partial charge in [0, 0.05) is 38.5 Å². The first-order chi connectivity index (χ1) is 28.4. The Hall–Kier alpha value is -2.81. The number of nitrogens with zero attached hydrogens (tertiary/aromatic N) is 1. The van der Waals surface area contributed by atoms with E-state index in [0.717, 1.165) is 89.7 Å². The third kappa shape index (κ3) is 4.48. The highest BCUT2D eigenvalue weighted by Gasteiger charge is 2.78. The van der Waals surface area contributed by atoms with Gasteiger partial charge in [0.05, 0.1) is 28.5 Å². The van der Waals surface area contributed by atoms with Crippen LogP contribution in [0.1, 0.15) is 141 Å². The minimum Gasteiger partial charge on any atom is -0.448 e. The van der Waals surface area contributed by atoms with E-state index in [1.807, 2.05) is 19.1 Å². The summed E-state index contributed by atoms with van der Waals surface area (Å²) in [5.41, 5.74) is -4.60. The summed E-state index contributed by atoms with van der Waals surface area (Å²) < 4.78 is 7.46. The molecule has 11 aliphatic carbocycles. The molecule has 2 spiro atoms. The van der Waals surface area contributed by atoms with Crippen molar-refractivity contribution in [3.05, 3.63) is 59.0 Å².